The Hall–Kier alpha value is -2.75. The Morgan fingerprint density at radius 1 is 0.947 bits per heavy atom. The molecule has 3 aromatic rings. The van der Waals surface area contributed by atoms with E-state index < -0.39 is 5.76 Å². The maximum Gasteiger partial charge on any atom is 0.424 e. The smallest absolute Gasteiger partial charge is 0.424 e. The van der Waals surface area contributed by atoms with Gasteiger partial charge in [0.2, 0.25) is 0 Å². The summed E-state index contributed by atoms with van der Waals surface area (Å²) in [6.07, 6.45) is 1.58. The summed E-state index contributed by atoms with van der Waals surface area (Å²) in [5, 5.41) is 9.76. The number of nitrogens with zero attached hydrogens (tertiary/aromatic N) is 1. The monoisotopic (exact) mass is 253 g/mol. The molecule has 2 aromatic carbocycles. The third-order valence-corrected chi connectivity index (χ3v) is 2.84. The Labute approximate surface area is 109 Å². The van der Waals surface area contributed by atoms with Gasteiger partial charge in [0, 0.05) is 0 Å². The molecule has 1 heterocycles. The molecule has 0 atom stereocenters. The van der Waals surface area contributed by atoms with Crippen LogP contribution in [-0.2, 0) is 0 Å². The van der Waals surface area contributed by atoms with Crippen LogP contribution in [-0.4, -0.2) is 9.67 Å². The van der Waals surface area contributed by atoms with Gasteiger partial charge in [-0.3, -0.25) is 0 Å². The maximum absolute atomic E-state index is 11.8. The normalized spacial score (nSPS) is 10.5. The Bertz CT molecular complexity index is 756. The van der Waals surface area contributed by atoms with Gasteiger partial charge in [-0.05, 0) is 24.3 Å². The molecule has 94 valence electrons. The zero-order valence-electron chi connectivity index (χ0n) is 9.98. The summed E-state index contributed by atoms with van der Waals surface area (Å²) in [6, 6.07) is 15.9. The van der Waals surface area contributed by atoms with E-state index in [0.29, 0.717) is 11.3 Å². The third-order valence-electron chi connectivity index (χ3n) is 2.84. The molecule has 3 rings (SSSR count). The van der Waals surface area contributed by atoms with E-state index in [1.807, 2.05) is 30.3 Å². The molecular weight excluding hydrogens is 242 g/mol. The molecule has 1 aromatic heterocycles. The number of para-hydroxylation sites is 2. The fourth-order valence-electron chi connectivity index (χ4n) is 1.91. The van der Waals surface area contributed by atoms with Crippen molar-refractivity contribution in [3.05, 3.63) is 71.3 Å². The number of phenols is 1. The number of aromatic nitrogens is 1. The number of hydrogen-bond acceptors (Lipinski definition) is 3. The summed E-state index contributed by atoms with van der Waals surface area (Å²) in [6.45, 7) is 0. The number of phenolic OH excluding ortho intramolecular Hbond substituents is 1. The Morgan fingerprint density at radius 3 is 2.37 bits per heavy atom. The summed E-state index contributed by atoms with van der Waals surface area (Å²) in [5.74, 6) is -0.0622. The van der Waals surface area contributed by atoms with Gasteiger partial charge in [-0.2, -0.15) is 0 Å². The number of hydrogen-bond donors (Lipinski definition) is 1. The van der Waals surface area contributed by atoms with E-state index in [1.54, 1.807) is 30.5 Å². The van der Waals surface area contributed by atoms with Crippen molar-refractivity contribution in [2.45, 2.75) is 0 Å². The second-order valence-electron chi connectivity index (χ2n) is 4.08. The first kappa shape index (κ1) is 11.3. The van der Waals surface area contributed by atoms with Crippen LogP contribution in [0.25, 0.3) is 17.0 Å². The van der Waals surface area contributed by atoms with Crippen LogP contribution in [0.3, 0.4) is 0 Å². The van der Waals surface area contributed by atoms with E-state index >= 15 is 0 Å². The van der Waals surface area contributed by atoms with Crippen LogP contribution in [0, 0.1) is 0 Å². The molecule has 0 aliphatic rings. The summed E-state index contributed by atoms with van der Waals surface area (Å²) < 4.78 is 6.59. The lowest BCUT2D eigenvalue weighted by atomic mass is 10.1. The number of aromatic hydroxyl groups is 1. The summed E-state index contributed by atoms with van der Waals surface area (Å²) in [4.78, 5) is 11.8. The average molecular weight is 253 g/mol. The van der Waals surface area contributed by atoms with Crippen LogP contribution >= 0.6 is 0 Å². The lowest BCUT2D eigenvalue weighted by Gasteiger charge is -1.99. The van der Waals surface area contributed by atoms with Crippen molar-refractivity contribution in [1.29, 1.82) is 0 Å². The van der Waals surface area contributed by atoms with E-state index in [4.69, 9.17) is 4.42 Å². The molecule has 0 amide bonds. The standard InChI is InChI=1S/C15H11NO3/c17-13-9-5-4-8-12(13)14-10-16(15(18)19-14)11-6-2-1-3-7-11/h1-10,17H. The minimum Gasteiger partial charge on any atom is -0.507 e. The molecule has 0 aliphatic heterocycles. The summed E-state index contributed by atoms with van der Waals surface area (Å²) in [5.41, 5.74) is 1.22. The number of rotatable bonds is 2. The lowest BCUT2D eigenvalue weighted by Crippen LogP contribution is -2.10. The van der Waals surface area contributed by atoms with Gasteiger partial charge >= 0.3 is 5.76 Å². The van der Waals surface area contributed by atoms with Crippen LogP contribution in [0.1, 0.15) is 0 Å². The van der Waals surface area contributed by atoms with E-state index in [9.17, 15) is 9.90 Å². The molecule has 0 unspecified atom stereocenters. The van der Waals surface area contributed by atoms with Gasteiger partial charge < -0.3 is 9.52 Å². The van der Waals surface area contributed by atoms with Gasteiger partial charge in [0.05, 0.1) is 17.4 Å². The SMILES string of the molecule is O=c1oc(-c2ccccc2O)cn1-c1ccccc1. The van der Waals surface area contributed by atoms with Gasteiger partial charge in [0.1, 0.15) is 5.75 Å². The van der Waals surface area contributed by atoms with Crippen molar-refractivity contribution in [3.8, 4) is 22.8 Å². The zero-order valence-corrected chi connectivity index (χ0v) is 9.98. The van der Waals surface area contributed by atoms with Crippen LogP contribution in [0.4, 0.5) is 0 Å². The number of benzene rings is 2. The lowest BCUT2D eigenvalue weighted by molar-refractivity contribution is 0.470. The molecule has 0 radical (unpaired) electrons. The molecule has 0 bridgehead atoms. The average Bonchev–Trinajstić information content (AvgIpc) is 2.82. The van der Waals surface area contributed by atoms with E-state index in [2.05, 4.69) is 0 Å². The molecular formula is C15H11NO3. The Morgan fingerprint density at radius 2 is 1.63 bits per heavy atom. The van der Waals surface area contributed by atoms with Crippen LogP contribution in [0.15, 0.2) is 70.0 Å². The van der Waals surface area contributed by atoms with Gasteiger partial charge in [0.15, 0.2) is 5.76 Å². The Kier molecular flexibility index (Phi) is 2.68. The fraction of sp³-hybridized carbons (Fsp3) is 0. The van der Waals surface area contributed by atoms with Crippen molar-refractivity contribution >= 4 is 0 Å². The highest BCUT2D eigenvalue weighted by Crippen LogP contribution is 2.28. The first-order valence-corrected chi connectivity index (χ1v) is 5.82. The van der Waals surface area contributed by atoms with Crippen molar-refractivity contribution in [2.75, 3.05) is 0 Å². The third kappa shape index (κ3) is 2.04. The van der Waals surface area contributed by atoms with Gasteiger partial charge in [-0.25, -0.2) is 9.36 Å². The van der Waals surface area contributed by atoms with Crippen molar-refractivity contribution in [1.82, 2.24) is 4.57 Å². The topological polar surface area (TPSA) is 55.4 Å². The Balaban J connectivity index is 2.13. The van der Waals surface area contributed by atoms with E-state index in [0.717, 1.165) is 5.69 Å². The molecule has 0 aliphatic carbocycles. The highest BCUT2D eigenvalue weighted by molar-refractivity contribution is 5.64. The predicted octanol–water partition coefficient (Wildman–Crippen LogP) is 2.80. The highest BCUT2D eigenvalue weighted by atomic mass is 16.4. The molecule has 0 spiro atoms. The second-order valence-corrected chi connectivity index (χ2v) is 4.08. The van der Waals surface area contributed by atoms with Gasteiger partial charge in [0.25, 0.3) is 0 Å². The largest absolute Gasteiger partial charge is 0.507 e. The van der Waals surface area contributed by atoms with Crippen LogP contribution in [0.5, 0.6) is 5.75 Å². The predicted molar refractivity (Wildman–Crippen MR) is 71.4 cm³/mol. The second kappa shape index (κ2) is 4.49. The molecule has 19 heavy (non-hydrogen) atoms. The first-order valence-electron chi connectivity index (χ1n) is 5.82. The first-order chi connectivity index (χ1) is 9.25. The van der Waals surface area contributed by atoms with Crippen LogP contribution < -0.4 is 5.76 Å². The zero-order chi connectivity index (χ0) is 13.2. The molecule has 0 fully saturated rings. The van der Waals surface area contributed by atoms with Crippen molar-refractivity contribution < 1.29 is 9.52 Å². The molecule has 1 N–H and O–H groups in total. The quantitative estimate of drug-likeness (QED) is 0.764. The highest BCUT2D eigenvalue weighted by Gasteiger charge is 2.12. The van der Waals surface area contributed by atoms with Crippen molar-refractivity contribution in [2.24, 2.45) is 0 Å². The minimum absolute atomic E-state index is 0.0801. The molecule has 4 heteroatoms. The molecule has 4 nitrogen and oxygen atoms in total. The van der Waals surface area contributed by atoms with E-state index in [1.165, 1.54) is 4.57 Å². The number of oxazole rings is 1. The van der Waals surface area contributed by atoms with Crippen LogP contribution in [0.2, 0.25) is 0 Å². The van der Waals surface area contributed by atoms with Crippen molar-refractivity contribution in [3.63, 3.8) is 0 Å². The summed E-state index contributed by atoms with van der Waals surface area (Å²) >= 11 is 0. The van der Waals surface area contributed by atoms with E-state index in [-0.39, 0.29) is 5.75 Å². The molecule has 0 saturated heterocycles. The fourth-order valence-corrected chi connectivity index (χ4v) is 1.91. The van der Waals surface area contributed by atoms with Gasteiger partial charge in [-0.15, -0.1) is 0 Å². The maximum atomic E-state index is 11.8. The van der Waals surface area contributed by atoms with Gasteiger partial charge in [-0.1, -0.05) is 30.3 Å². The summed E-state index contributed by atoms with van der Waals surface area (Å²) in [7, 11) is 0. The molecule has 0 saturated carbocycles. The minimum atomic E-state index is -0.482.